The van der Waals surface area contributed by atoms with Gasteiger partial charge in [0.05, 0.1) is 0 Å². The molecule has 0 heteroatoms. The highest BCUT2D eigenvalue weighted by Crippen LogP contribution is 2.42. The second kappa shape index (κ2) is 2.94. The third kappa shape index (κ3) is 1.21. The van der Waals surface area contributed by atoms with Crippen molar-refractivity contribution in [1.82, 2.24) is 0 Å². The van der Waals surface area contributed by atoms with Crippen LogP contribution in [0.25, 0.3) is 0 Å². The van der Waals surface area contributed by atoms with Crippen LogP contribution in [-0.4, -0.2) is 0 Å². The summed E-state index contributed by atoms with van der Waals surface area (Å²) in [7, 11) is 0. The quantitative estimate of drug-likeness (QED) is 0.480. The Bertz CT molecular complexity index is 94.6. The van der Waals surface area contributed by atoms with Gasteiger partial charge in [0.25, 0.3) is 0 Å². The van der Waals surface area contributed by atoms with Crippen LogP contribution in [0.5, 0.6) is 0 Å². The number of fused-ring (bicyclic) bond motifs is 1. The topological polar surface area (TPSA) is 0 Å². The average molecular weight is 137 g/mol. The highest BCUT2D eigenvalue weighted by molar-refractivity contribution is 5.02. The first-order valence-corrected chi connectivity index (χ1v) is 4.81. The Morgan fingerprint density at radius 2 is 1.60 bits per heavy atom. The Morgan fingerprint density at radius 3 is 2.60 bits per heavy atom. The minimum Gasteiger partial charge on any atom is -0.0533 e. The largest absolute Gasteiger partial charge is 0.0533 e. The van der Waals surface area contributed by atoms with Gasteiger partial charge in [-0.3, -0.25) is 0 Å². The lowest BCUT2D eigenvalue weighted by molar-refractivity contribution is 0.523. The van der Waals surface area contributed by atoms with Crippen LogP contribution in [0, 0.1) is 11.8 Å². The second-order valence-electron chi connectivity index (χ2n) is 3.85. The summed E-state index contributed by atoms with van der Waals surface area (Å²) in [6.07, 6.45) is 12.0. The Labute approximate surface area is 64.0 Å². The summed E-state index contributed by atoms with van der Waals surface area (Å²) < 4.78 is 0. The van der Waals surface area contributed by atoms with Crippen molar-refractivity contribution >= 4 is 0 Å². The minimum atomic E-state index is 1.07. The number of rotatable bonds is 0. The molecule has 1 radical (unpaired) electrons. The fourth-order valence-corrected chi connectivity index (χ4v) is 2.58. The van der Waals surface area contributed by atoms with Gasteiger partial charge < -0.3 is 0 Å². The molecule has 0 spiro atoms. The van der Waals surface area contributed by atoms with Crippen LogP contribution in [0.15, 0.2) is 0 Å². The molecule has 0 aromatic heterocycles. The van der Waals surface area contributed by atoms with Crippen molar-refractivity contribution in [1.29, 1.82) is 0 Å². The van der Waals surface area contributed by atoms with Gasteiger partial charge in [-0.2, -0.15) is 0 Å². The fraction of sp³-hybridized carbons (Fsp3) is 0.900. The van der Waals surface area contributed by atoms with E-state index in [1.807, 2.05) is 5.92 Å². The van der Waals surface area contributed by atoms with E-state index in [-0.39, 0.29) is 0 Å². The van der Waals surface area contributed by atoms with Gasteiger partial charge in [-0.25, -0.2) is 0 Å². The maximum absolute atomic E-state index is 1.93. The highest BCUT2D eigenvalue weighted by atomic mass is 14.3. The maximum atomic E-state index is 1.93. The lowest BCUT2D eigenvalue weighted by Crippen LogP contribution is -2.01. The van der Waals surface area contributed by atoms with Crippen molar-refractivity contribution in [2.24, 2.45) is 5.92 Å². The van der Waals surface area contributed by atoms with Crippen LogP contribution in [0.1, 0.15) is 51.4 Å². The van der Waals surface area contributed by atoms with E-state index >= 15 is 0 Å². The van der Waals surface area contributed by atoms with E-state index in [1.165, 1.54) is 51.4 Å². The van der Waals surface area contributed by atoms with Gasteiger partial charge in [-0.05, 0) is 37.5 Å². The summed E-state index contributed by atoms with van der Waals surface area (Å²) >= 11 is 0. The highest BCUT2D eigenvalue weighted by Gasteiger charge is 2.28. The van der Waals surface area contributed by atoms with Crippen molar-refractivity contribution < 1.29 is 0 Å². The molecule has 57 valence electrons. The third-order valence-corrected chi connectivity index (χ3v) is 3.18. The molecule has 0 saturated heterocycles. The molecule has 10 heavy (non-hydrogen) atoms. The monoisotopic (exact) mass is 137 g/mol. The molecule has 0 heterocycles. The SMILES string of the molecule is C1CC[C]2CCCC2CC1. The Balaban J connectivity index is 1.95. The molecule has 2 aliphatic rings. The summed E-state index contributed by atoms with van der Waals surface area (Å²) in [4.78, 5) is 0. The van der Waals surface area contributed by atoms with E-state index in [4.69, 9.17) is 0 Å². The molecule has 1 unspecified atom stereocenters. The molecule has 0 aliphatic heterocycles. The van der Waals surface area contributed by atoms with Crippen molar-refractivity contribution in [2.75, 3.05) is 0 Å². The summed E-state index contributed by atoms with van der Waals surface area (Å²) in [5.41, 5.74) is 0. The molecule has 0 nitrogen and oxygen atoms in total. The average Bonchev–Trinajstić information content (AvgIpc) is 2.28. The maximum Gasteiger partial charge on any atom is -0.0210 e. The number of hydrogen-bond donors (Lipinski definition) is 0. The molecule has 0 bridgehead atoms. The van der Waals surface area contributed by atoms with Gasteiger partial charge in [0.15, 0.2) is 0 Å². The molecule has 2 rings (SSSR count). The Kier molecular flexibility index (Phi) is 1.97. The number of hydrogen-bond acceptors (Lipinski definition) is 0. The second-order valence-corrected chi connectivity index (χ2v) is 3.85. The predicted octanol–water partition coefficient (Wildman–Crippen LogP) is 3.33. The van der Waals surface area contributed by atoms with Crippen LogP contribution >= 0.6 is 0 Å². The molecular weight excluding hydrogens is 120 g/mol. The Hall–Kier alpha value is 0. The van der Waals surface area contributed by atoms with Gasteiger partial charge in [0, 0.05) is 0 Å². The molecule has 1 atom stereocenters. The van der Waals surface area contributed by atoms with Crippen molar-refractivity contribution in [3.8, 4) is 0 Å². The van der Waals surface area contributed by atoms with Crippen LogP contribution in [0.4, 0.5) is 0 Å². The zero-order valence-electron chi connectivity index (χ0n) is 6.73. The molecule has 0 aromatic rings. The molecule has 2 aliphatic carbocycles. The minimum absolute atomic E-state index is 1.07. The van der Waals surface area contributed by atoms with Crippen LogP contribution < -0.4 is 0 Å². The van der Waals surface area contributed by atoms with Crippen LogP contribution in [-0.2, 0) is 0 Å². The molecule has 2 fully saturated rings. The summed E-state index contributed by atoms with van der Waals surface area (Å²) in [6.45, 7) is 0. The lowest BCUT2D eigenvalue weighted by atomic mass is 9.92. The van der Waals surface area contributed by atoms with E-state index in [2.05, 4.69) is 0 Å². The third-order valence-electron chi connectivity index (χ3n) is 3.18. The van der Waals surface area contributed by atoms with Gasteiger partial charge in [0.1, 0.15) is 0 Å². The van der Waals surface area contributed by atoms with Crippen molar-refractivity contribution in [3.63, 3.8) is 0 Å². The van der Waals surface area contributed by atoms with Crippen molar-refractivity contribution in [3.05, 3.63) is 5.92 Å². The lowest BCUT2D eigenvalue weighted by Gasteiger charge is -2.13. The van der Waals surface area contributed by atoms with E-state index < -0.39 is 0 Å². The van der Waals surface area contributed by atoms with E-state index in [0.717, 1.165) is 5.92 Å². The molecule has 2 saturated carbocycles. The van der Waals surface area contributed by atoms with Crippen molar-refractivity contribution in [2.45, 2.75) is 51.4 Å². The smallest absolute Gasteiger partial charge is 0.0210 e. The molecule has 0 N–H and O–H groups in total. The standard InChI is InChI=1S/C10H17/c1-2-5-9-7-4-8-10(9)6-3-1/h9H,1-8H2. The van der Waals surface area contributed by atoms with Crippen LogP contribution in [0.2, 0.25) is 0 Å². The summed E-state index contributed by atoms with van der Waals surface area (Å²) in [6, 6.07) is 0. The zero-order chi connectivity index (χ0) is 6.81. The molecular formula is C10H17. The van der Waals surface area contributed by atoms with Crippen LogP contribution in [0.3, 0.4) is 0 Å². The molecule has 0 amide bonds. The first kappa shape index (κ1) is 6.69. The van der Waals surface area contributed by atoms with Gasteiger partial charge in [0.2, 0.25) is 0 Å². The van der Waals surface area contributed by atoms with Gasteiger partial charge >= 0.3 is 0 Å². The fourth-order valence-electron chi connectivity index (χ4n) is 2.58. The summed E-state index contributed by atoms with van der Waals surface area (Å²) in [5.74, 6) is 3.00. The first-order valence-electron chi connectivity index (χ1n) is 4.81. The van der Waals surface area contributed by atoms with E-state index in [0.29, 0.717) is 0 Å². The predicted molar refractivity (Wildman–Crippen MR) is 43.7 cm³/mol. The van der Waals surface area contributed by atoms with E-state index in [9.17, 15) is 0 Å². The zero-order valence-corrected chi connectivity index (χ0v) is 6.73. The first-order chi connectivity index (χ1) is 4.97. The molecule has 0 aromatic carbocycles. The summed E-state index contributed by atoms with van der Waals surface area (Å²) in [5, 5.41) is 0. The van der Waals surface area contributed by atoms with E-state index in [1.54, 1.807) is 0 Å². The Morgan fingerprint density at radius 1 is 0.800 bits per heavy atom. The normalized spacial score (nSPS) is 35.4. The van der Waals surface area contributed by atoms with Gasteiger partial charge in [-0.1, -0.05) is 25.7 Å². The van der Waals surface area contributed by atoms with Gasteiger partial charge in [-0.15, -0.1) is 0 Å².